The zero-order valence-corrected chi connectivity index (χ0v) is 13.1. The van der Waals surface area contributed by atoms with Gasteiger partial charge in [0.25, 0.3) is 10.0 Å². The van der Waals surface area contributed by atoms with Crippen LogP contribution in [0.5, 0.6) is 11.9 Å². The van der Waals surface area contributed by atoms with Gasteiger partial charge < -0.3 is 9.47 Å². The number of carbonyl (C=O) groups is 1. The molecular formula is C13H14N4O5S. The minimum Gasteiger partial charge on any atom is -0.481 e. The highest BCUT2D eigenvalue weighted by Gasteiger charge is 2.18. The molecule has 2 aromatic rings. The van der Waals surface area contributed by atoms with E-state index in [1.54, 1.807) is 18.2 Å². The predicted molar refractivity (Wildman–Crippen MR) is 80.9 cm³/mol. The van der Waals surface area contributed by atoms with Crippen molar-refractivity contribution >= 4 is 21.9 Å². The highest BCUT2D eigenvalue weighted by molar-refractivity contribution is 7.90. The van der Waals surface area contributed by atoms with Crippen LogP contribution in [0.3, 0.4) is 0 Å². The molecule has 0 fully saturated rings. The number of sulfonamides is 1. The fourth-order valence-corrected chi connectivity index (χ4v) is 2.51. The molecule has 0 unspecified atom stereocenters. The number of hydrogen-bond donors (Lipinski definition) is 2. The summed E-state index contributed by atoms with van der Waals surface area (Å²) < 4.78 is 35.7. The molecule has 0 bridgehead atoms. The molecule has 0 radical (unpaired) electrons. The van der Waals surface area contributed by atoms with Gasteiger partial charge in [-0.25, -0.2) is 17.9 Å². The van der Waals surface area contributed by atoms with E-state index in [-0.39, 0.29) is 22.6 Å². The van der Waals surface area contributed by atoms with Gasteiger partial charge in [-0.05, 0) is 12.1 Å². The van der Waals surface area contributed by atoms with Crippen molar-refractivity contribution in [3.05, 3.63) is 36.4 Å². The number of rotatable bonds is 5. The lowest BCUT2D eigenvalue weighted by atomic mass is 10.4. The van der Waals surface area contributed by atoms with Crippen LogP contribution in [0.25, 0.3) is 0 Å². The number of methoxy groups -OCH3 is 2. The second-order valence-corrected chi connectivity index (χ2v) is 5.84. The summed E-state index contributed by atoms with van der Waals surface area (Å²) in [6.07, 6.45) is 0. The third-order valence-electron chi connectivity index (χ3n) is 2.60. The van der Waals surface area contributed by atoms with Crippen LogP contribution in [0.1, 0.15) is 0 Å². The summed E-state index contributed by atoms with van der Waals surface area (Å²) in [5, 5.41) is 2.28. The molecule has 0 aliphatic rings. The van der Waals surface area contributed by atoms with E-state index >= 15 is 0 Å². The number of amides is 2. The molecule has 0 saturated carbocycles. The highest BCUT2D eigenvalue weighted by Crippen LogP contribution is 2.17. The molecule has 0 aliphatic carbocycles. The summed E-state index contributed by atoms with van der Waals surface area (Å²) in [7, 11) is -1.25. The molecule has 1 aromatic heterocycles. The smallest absolute Gasteiger partial charge is 0.334 e. The van der Waals surface area contributed by atoms with Gasteiger partial charge in [-0.1, -0.05) is 18.2 Å². The minimum absolute atomic E-state index is 0.0226. The molecule has 0 aliphatic heterocycles. The molecule has 0 atom stereocenters. The number of anilines is 1. The van der Waals surface area contributed by atoms with Crippen molar-refractivity contribution < 1.29 is 22.7 Å². The molecule has 9 nitrogen and oxygen atoms in total. The fraction of sp³-hybridized carbons (Fsp3) is 0.154. The van der Waals surface area contributed by atoms with Gasteiger partial charge in [0.05, 0.1) is 19.1 Å². The summed E-state index contributed by atoms with van der Waals surface area (Å²) in [6.45, 7) is 0. The Morgan fingerprint density at radius 3 is 2.39 bits per heavy atom. The van der Waals surface area contributed by atoms with E-state index in [9.17, 15) is 13.2 Å². The lowest BCUT2D eigenvalue weighted by Gasteiger charge is -2.09. The van der Waals surface area contributed by atoms with E-state index in [0.717, 1.165) is 0 Å². The number of urea groups is 1. The van der Waals surface area contributed by atoms with Crippen LogP contribution in [-0.4, -0.2) is 38.6 Å². The normalized spacial score (nSPS) is 10.7. The van der Waals surface area contributed by atoms with Gasteiger partial charge >= 0.3 is 12.0 Å². The zero-order chi connectivity index (χ0) is 16.9. The highest BCUT2D eigenvalue weighted by atomic mass is 32.2. The Bertz CT molecular complexity index is 773. The Balaban J connectivity index is 2.14. The van der Waals surface area contributed by atoms with Gasteiger partial charge in [-0.3, -0.25) is 5.32 Å². The number of hydrogen-bond acceptors (Lipinski definition) is 7. The maximum Gasteiger partial charge on any atom is 0.334 e. The quantitative estimate of drug-likeness (QED) is 0.834. The number of benzene rings is 1. The summed E-state index contributed by atoms with van der Waals surface area (Å²) >= 11 is 0. The molecule has 0 spiro atoms. The molecule has 2 amide bonds. The van der Waals surface area contributed by atoms with Crippen molar-refractivity contribution in [2.75, 3.05) is 19.5 Å². The first-order valence-electron chi connectivity index (χ1n) is 6.30. The molecule has 2 rings (SSSR count). The van der Waals surface area contributed by atoms with Crippen molar-refractivity contribution in [3.63, 3.8) is 0 Å². The predicted octanol–water partition coefficient (Wildman–Crippen LogP) is 1.00. The summed E-state index contributed by atoms with van der Waals surface area (Å²) in [6, 6.07) is 7.80. The van der Waals surface area contributed by atoms with Crippen LogP contribution in [0.15, 0.2) is 41.3 Å². The fourth-order valence-electron chi connectivity index (χ4n) is 1.59. The lowest BCUT2D eigenvalue weighted by Crippen LogP contribution is -2.34. The number of nitrogens with zero attached hydrogens (tertiary/aromatic N) is 2. The number of ether oxygens (including phenoxy) is 2. The van der Waals surface area contributed by atoms with Crippen molar-refractivity contribution in [1.82, 2.24) is 14.7 Å². The van der Waals surface area contributed by atoms with Crippen LogP contribution >= 0.6 is 0 Å². The molecule has 0 saturated heterocycles. The first-order chi connectivity index (χ1) is 10.9. The van der Waals surface area contributed by atoms with Gasteiger partial charge in [-0.2, -0.15) is 9.97 Å². The summed E-state index contributed by atoms with van der Waals surface area (Å²) in [5.74, 6) is 0.174. The molecule has 122 valence electrons. The number of aromatic nitrogens is 2. The topological polar surface area (TPSA) is 120 Å². The third kappa shape index (κ3) is 4.30. The van der Waals surface area contributed by atoms with Crippen molar-refractivity contribution in [1.29, 1.82) is 0 Å². The monoisotopic (exact) mass is 338 g/mol. The molecule has 1 aromatic carbocycles. The minimum atomic E-state index is -3.98. The second kappa shape index (κ2) is 6.92. The SMILES string of the molecule is COc1cc(NC(=O)NS(=O)(=O)c2ccccc2)nc(OC)n1. The third-order valence-corrected chi connectivity index (χ3v) is 3.94. The lowest BCUT2D eigenvalue weighted by molar-refractivity contribution is 0.256. The van der Waals surface area contributed by atoms with Crippen molar-refractivity contribution in [3.8, 4) is 11.9 Å². The Labute approximate surface area is 132 Å². The molecular weight excluding hydrogens is 324 g/mol. The molecule has 1 heterocycles. The first kappa shape index (κ1) is 16.5. The van der Waals surface area contributed by atoms with Gasteiger partial charge in [-0.15, -0.1) is 0 Å². The average molecular weight is 338 g/mol. The van der Waals surface area contributed by atoms with Crippen LogP contribution < -0.4 is 19.5 Å². The van der Waals surface area contributed by atoms with E-state index in [0.29, 0.717) is 0 Å². The standard InChI is InChI=1S/C13H14N4O5S/c1-21-11-8-10(15-13(16-11)22-2)14-12(18)17-23(19,20)9-6-4-3-5-7-9/h3-8H,1-2H3,(H2,14,15,16,17,18). The second-order valence-electron chi connectivity index (χ2n) is 4.15. The van der Waals surface area contributed by atoms with Crippen LogP contribution in [0.4, 0.5) is 10.6 Å². The molecule has 2 N–H and O–H groups in total. The number of carbonyl (C=O) groups excluding carboxylic acids is 1. The maximum absolute atomic E-state index is 12.0. The Kier molecular flexibility index (Phi) is 4.96. The van der Waals surface area contributed by atoms with Crippen LogP contribution in [-0.2, 0) is 10.0 Å². The van der Waals surface area contributed by atoms with Crippen molar-refractivity contribution in [2.24, 2.45) is 0 Å². The van der Waals surface area contributed by atoms with Gasteiger partial charge in [0.2, 0.25) is 5.88 Å². The summed E-state index contributed by atoms with van der Waals surface area (Å²) in [4.78, 5) is 19.5. The Morgan fingerprint density at radius 1 is 1.09 bits per heavy atom. The van der Waals surface area contributed by atoms with E-state index in [4.69, 9.17) is 9.47 Å². The van der Waals surface area contributed by atoms with Gasteiger partial charge in [0, 0.05) is 6.07 Å². The number of nitrogens with one attached hydrogen (secondary N) is 2. The largest absolute Gasteiger partial charge is 0.481 e. The molecule has 23 heavy (non-hydrogen) atoms. The van der Waals surface area contributed by atoms with Gasteiger partial charge in [0.15, 0.2) is 0 Å². The Morgan fingerprint density at radius 2 is 1.78 bits per heavy atom. The van der Waals surface area contributed by atoms with Crippen LogP contribution in [0, 0.1) is 0 Å². The van der Waals surface area contributed by atoms with Crippen molar-refractivity contribution in [2.45, 2.75) is 4.90 Å². The van der Waals surface area contributed by atoms with Gasteiger partial charge in [0.1, 0.15) is 5.82 Å². The molecule has 10 heteroatoms. The maximum atomic E-state index is 12.0. The Hall–Kier alpha value is -2.88. The van der Waals surface area contributed by atoms with Crippen LogP contribution in [0.2, 0.25) is 0 Å². The average Bonchev–Trinajstić information content (AvgIpc) is 2.54. The first-order valence-corrected chi connectivity index (χ1v) is 7.79. The van der Waals surface area contributed by atoms with E-state index in [1.165, 1.54) is 32.4 Å². The van der Waals surface area contributed by atoms with E-state index in [1.807, 2.05) is 4.72 Å². The van der Waals surface area contributed by atoms with E-state index < -0.39 is 16.1 Å². The summed E-state index contributed by atoms with van der Waals surface area (Å²) in [5.41, 5.74) is 0. The van der Waals surface area contributed by atoms with E-state index in [2.05, 4.69) is 15.3 Å². The zero-order valence-electron chi connectivity index (χ0n) is 12.3.